The van der Waals surface area contributed by atoms with Gasteiger partial charge in [0.15, 0.2) is 0 Å². The number of rotatable bonds is 28. The molecule has 220 valence electrons. The summed E-state index contributed by atoms with van der Waals surface area (Å²) in [5, 5.41) is 32.9. The number of hydrogen-bond acceptors (Lipinski definition) is 4. The van der Waals surface area contributed by atoms with E-state index in [9.17, 15) is 20.1 Å². The average molecular weight is 526 g/mol. The van der Waals surface area contributed by atoms with Crippen LogP contribution in [0, 0.1) is 0 Å². The largest absolute Gasteiger partial charge is 0.394 e. The summed E-state index contributed by atoms with van der Waals surface area (Å²) >= 11 is 0. The van der Waals surface area contributed by atoms with Crippen molar-refractivity contribution in [3.05, 3.63) is 12.2 Å². The molecule has 0 aliphatic heterocycles. The predicted molar refractivity (Wildman–Crippen MR) is 158 cm³/mol. The molecular formula is C32H63NO4. The maximum atomic E-state index is 12.3. The summed E-state index contributed by atoms with van der Waals surface area (Å²) in [4.78, 5) is 12.3. The van der Waals surface area contributed by atoms with Gasteiger partial charge in [0, 0.05) is 0 Å². The fourth-order valence-electron chi connectivity index (χ4n) is 4.77. The van der Waals surface area contributed by atoms with Gasteiger partial charge in [-0.3, -0.25) is 4.79 Å². The van der Waals surface area contributed by atoms with Crippen LogP contribution in [0.25, 0.3) is 0 Å². The first-order valence-corrected chi connectivity index (χ1v) is 16.0. The lowest BCUT2D eigenvalue weighted by molar-refractivity contribution is -0.131. The Labute approximate surface area is 229 Å². The maximum Gasteiger partial charge on any atom is 0.249 e. The zero-order valence-electron chi connectivity index (χ0n) is 24.6. The van der Waals surface area contributed by atoms with E-state index in [1.54, 1.807) is 0 Å². The molecule has 3 atom stereocenters. The van der Waals surface area contributed by atoms with E-state index in [-0.39, 0.29) is 6.61 Å². The summed E-state index contributed by atoms with van der Waals surface area (Å²) in [5.41, 5.74) is 0. The molecule has 0 rings (SSSR count). The molecule has 0 aromatic heterocycles. The van der Waals surface area contributed by atoms with E-state index < -0.39 is 24.2 Å². The summed E-state index contributed by atoms with van der Waals surface area (Å²) in [6.07, 6.45) is 29.0. The fourth-order valence-corrected chi connectivity index (χ4v) is 4.77. The van der Waals surface area contributed by atoms with E-state index >= 15 is 0 Å². The SMILES string of the molecule is CCCCCCCC/C=C\CCCCC(O)C(=O)NC(CO)C(O)CCCCCCCCCCCCC. The van der Waals surface area contributed by atoms with Gasteiger partial charge in [-0.05, 0) is 38.5 Å². The lowest BCUT2D eigenvalue weighted by Crippen LogP contribution is -2.49. The van der Waals surface area contributed by atoms with Crippen molar-refractivity contribution in [1.82, 2.24) is 5.32 Å². The standard InChI is InChI=1S/C32H63NO4/c1-3-5-7-9-11-13-15-17-19-21-23-25-27-31(36)32(37)33-29(28-34)30(35)26-24-22-20-18-16-14-12-10-8-6-4-2/h17,19,29-31,34-36H,3-16,18,20-28H2,1-2H3,(H,33,37)/b19-17-. The van der Waals surface area contributed by atoms with Crippen molar-refractivity contribution in [2.45, 2.75) is 180 Å². The molecule has 0 bridgehead atoms. The molecule has 0 saturated heterocycles. The molecule has 0 fully saturated rings. The van der Waals surface area contributed by atoms with Crippen LogP contribution in [0.4, 0.5) is 0 Å². The number of amides is 1. The Bertz CT molecular complexity index is 511. The second-order valence-corrected chi connectivity index (χ2v) is 11.0. The molecular weight excluding hydrogens is 462 g/mol. The van der Waals surface area contributed by atoms with Crippen LogP contribution in [0.2, 0.25) is 0 Å². The van der Waals surface area contributed by atoms with Gasteiger partial charge in [0.2, 0.25) is 5.91 Å². The van der Waals surface area contributed by atoms with E-state index in [0.29, 0.717) is 12.8 Å². The van der Waals surface area contributed by atoms with Crippen LogP contribution in [-0.2, 0) is 4.79 Å². The van der Waals surface area contributed by atoms with Gasteiger partial charge >= 0.3 is 0 Å². The van der Waals surface area contributed by atoms with Gasteiger partial charge in [-0.1, -0.05) is 135 Å². The smallest absolute Gasteiger partial charge is 0.249 e. The molecule has 1 amide bonds. The zero-order valence-corrected chi connectivity index (χ0v) is 24.6. The van der Waals surface area contributed by atoms with Crippen molar-refractivity contribution in [3.63, 3.8) is 0 Å². The van der Waals surface area contributed by atoms with E-state index in [1.165, 1.54) is 96.3 Å². The Morgan fingerprint density at radius 1 is 0.622 bits per heavy atom. The minimum atomic E-state index is -1.09. The van der Waals surface area contributed by atoms with Gasteiger partial charge in [-0.2, -0.15) is 0 Å². The summed E-state index contributed by atoms with van der Waals surface area (Å²) in [7, 11) is 0. The molecule has 0 aromatic rings. The minimum Gasteiger partial charge on any atom is -0.394 e. The van der Waals surface area contributed by atoms with Gasteiger partial charge in [-0.25, -0.2) is 0 Å². The highest BCUT2D eigenvalue weighted by Crippen LogP contribution is 2.14. The maximum absolute atomic E-state index is 12.3. The normalized spacial score (nSPS) is 14.2. The van der Waals surface area contributed by atoms with Gasteiger partial charge in [0.25, 0.3) is 0 Å². The highest BCUT2D eigenvalue weighted by Gasteiger charge is 2.23. The first-order valence-electron chi connectivity index (χ1n) is 16.0. The third-order valence-corrected chi connectivity index (χ3v) is 7.38. The van der Waals surface area contributed by atoms with Crippen LogP contribution in [0.3, 0.4) is 0 Å². The summed E-state index contributed by atoms with van der Waals surface area (Å²) in [5.74, 6) is -0.490. The molecule has 0 aromatic carbocycles. The highest BCUT2D eigenvalue weighted by molar-refractivity contribution is 5.80. The quantitative estimate of drug-likeness (QED) is 0.0621. The number of allylic oxidation sites excluding steroid dienone is 2. The molecule has 0 radical (unpaired) electrons. The lowest BCUT2D eigenvalue weighted by Gasteiger charge is -2.23. The number of aliphatic hydroxyl groups is 3. The third-order valence-electron chi connectivity index (χ3n) is 7.38. The fraction of sp³-hybridized carbons (Fsp3) is 0.906. The Hall–Kier alpha value is -0.910. The van der Waals surface area contributed by atoms with Crippen LogP contribution >= 0.6 is 0 Å². The van der Waals surface area contributed by atoms with Gasteiger partial charge in [-0.15, -0.1) is 0 Å². The lowest BCUT2D eigenvalue weighted by atomic mass is 10.0. The van der Waals surface area contributed by atoms with Crippen LogP contribution < -0.4 is 5.32 Å². The first-order chi connectivity index (χ1) is 18.1. The number of hydrogen-bond donors (Lipinski definition) is 4. The van der Waals surface area contributed by atoms with Gasteiger partial charge < -0.3 is 20.6 Å². The molecule has 4 N–H and O–H groups in total. The monoisotopic (exact) mass is 525 g/mol. The number of unbranched alkanes of at least 4 members (excludes halogenated alkanes) is 18. The van der Waals surface area contributed by atoms with Crippen molar-refractivity contribution in [3.8, 4) is 0 Å². The number of nitrogens with one attached hydrogen (secondary N) is 1. The van der Waals surface area contributed by atoms with Crippen molar-refractivity contribution in [2.24, 2.45) is 0 Å². The summed E-state index contributed by atoms with van der Waals surface area (Å²) in [6.45, 7) is 4.17. The molecule has 0 heterocycles. The molecule has 0 spiro atoms. The molecule has 5 heteroatoms. The highest BCUT2D eigenvalue weighted by atomic mass is 16.3. The van der Waals surface area contributed by atoms with Crippen LogP contribution in [0.5, 0.6) is 0 Å². The van der Waals surface area contributed by atoms with Crippen LogP contribution in [-0.4, -0.2) is 46.1 Å². The van der Waals surface area contributed by atoms with Gasteiger partial charge in [0.05, 0.1) is 18.8 Å². The van der Waals surface area contributed by atoms with Crippen LogP contribution in [0.1, 0.15) is 162 Å². The molecule has 0 aliphatic rings. The number of carbonyl (C=O) groups is 1. The summed E-state index contributed by atoms with van der Waals surface area (Å²) in [6, 6.07) is -0.713. The molecule has 0 saturated carbocycles. The Morgan fingerprint density at radius 3 is 1.51 bits per heavy atom. The van der Waals surface area contributed by atoms with Crippen LogP contribution in [0.15, 0.2) is 12.2 Å². The second-order valence-electron chi connectivity index (χ2n) is 11.0. The molecule has 3 unspecified atom stereocenters. The summed E-state index contributed by atoms with van der Waals surface area (Å²) < 4.78 is 0. The Kier molecular flexibility index (Phi) is 27.4. The predicted octanol–water partition coefficient (Wildman–Crippen LogP) is 7.75. The van der Waals surface area contributed by atoms with Crippen molar-refractivity contribution in [2.75, 3.05) is 6.61 Å². The average Bonchev–Trinajstić information content (AvgIpc) is 2.90. The Morgan fingerprint density at radius 2 is 1.03 bits per heavy atom. The topological polar surface area (TPSA) is 89.8 Å². The van der Waals surface area contributed by atoms with Crippen molar-refractivity contribution in [1.29, 1.82) is 0 Å². The van der Waals surface area contributed by atoms with E-state index in [1.807, 2.05) is 0 Å². The first kappa shape index (κ1) is 36.1. The molecule has 5 nitrogen and oxygen atoms in total. The molecule has 0 aliphatic carbocycles. The van der Waals surface area contributed by atoms with E-state index in [4.69, 9.17) is 0 Å². The number of aliphatic hydroxyl groups excluding tert-OH is 3. The van der Waals surface area contributed by atoms with E-state index in [0.717, 1.165) is 38.5 Å². The van der Waals surface area contributed by atoms with Gasteiger partial charge in [0.1, 0.15) is 6.10 Å². The third kappa shape index (κ3) is 23.9. The van der Waals surface area contributed by atoms with Crippen molar-refractivity contribution >= 4 is 5.91 Å². The second kappa shape index (κ2) is 28.1. The van der Waals surface area contributed by atoms with Crippen molar-refractivity contribution < 1.29 is 20.1 Å². The zero-order chi connectivity index (χ0) is 27.4. The molecule has 37 heavy (non-hydrogen) atoms. The number of carbonyl (C=O) groups excluding carboxylic acids is 1. The van der Waals surface area contributed by atoms with E-state index in [2.05, 4.69) is 31.3 Å². The Balaban J connectivity index is 3.78. The minimum absolute atomic E-state index is 0.318.